The molecule has 0 spiro atoms. The average molecular weight is 337 g/mol. The highest BCUT2D eigenvalue weighted by molar-refractivity contribution is 6.21. The van der Waals surface area contributed by atoms with E-state index in [9.17, 15) is 9.59 Å². The highest BCUT2D eigenvalue weighted by atomic mass is 16.5. The maximum absolute atomic E-state index is 12.3. The molecule has 0 saturated carbocycles. The molecule has 0 unspecified atom stereocenters. The Morgan fingerprint density at radius 3 is 2.12 bits per heavy atom. The zero-order valence-electron chi connectivity index (χ0n) is 14.5. The van der Waals surface area contributed by atoms with Gasteiger partial charge in [-0.1, -0.05) is 31.2 Å². The van der Waals surface area contributed by atoms with Crippen molar-refractivity contribution in [3.05, 3.63) is 65.2 Å². The molecule has 3 rings (SSSR count). The van der Waals surface area contributed by atoms with Crippen molar-refractivity contribution < 1.29 is 14.3 Å². The van der Waals surface area contributed by atoms with Crippen LogP contribution in [-0.2, 0) is 6.42 Å². The summed E-state index contributed by atoms with van der Waals surface area (Å²) in [6.07, 6.45) is 3.67. The van der Waals surface area contributed by atoms with Gasteiger partial charge in [0.25, 0.3) is 11.8 Å². The van der Waals surface area contributed by atoms with E-state index < -0.39 is 0 Å². The van der Waals surface area contributed by atoms with Crippen molar-refractivity contribution in [1.29, 1.82) is 0 Å². The van der Waals surface area contributed by atoms with Crippen molar-refractivity contribution in [2.75, 3.05) is 13.2 Å². The third kappa shape index (κ3) is 3.90. The Hall–Kier alpha value is -2.62. The molecule has 2 aromatic carbocycles. The molecule has 1 aliphatic heterocycles. The Bertz CT molecular complexity index is 717. The van der Waals surface area contributed by atoms with E-state index in [-0.39, 0.29) is 11.8 Å². The maximum Gasteiger partial charge on any atom is 0.261 e. The summed E-state index contributed by atoms with van der Waals surface area (Å²) in [6, 6.07) is 15.2. The van der Waals surface area contributed by atoms with Crippen LogP contribution in [0.15, 0.2) is 48.5 Å². The first-order valence-electron chi connectivity index (χ1n) is 8.87. The highest BCUT2D eigenvalue weighted by Gasteiger charge is 2.34. The van der Waals surface area contributed by atoms with Gasteiger partial charge in [-0.05, 0) is 55.5 Å². The number of unbranched alkanes of at least 4 members (excludes halogenated alkanes) is 1. The summed E-state index contributed by atoms with van der Waals surface area (Å²) >= 11 is 0. The molecular weight excluding hydrogens is 314 g/mol. The van der Waals surface area contributed by atoms with Crippen LogP contribution in [0.4, 0.5) is 0 Å². The van der Waals surface area contributed by atoms with Gasteiger partial charge < -0.3 is 4.74 Å². The number of hydrogen-bond acceptors (Lipinski definition) is 3. The fourth-order valence-corrected chi connectivity index (χ4v) is 3.01. The van der Waals surface area contributed by atoms with Crippen LogP contribution in [0.25, 0.3) is 0 Å². The van der Waals surface area contributed by atoms with Crippen molar-refractivity contribution in [1.82, 2.24) is 4.90 Å². The minimum atomic E-state index is -0.168. The number of nitrogens with zero attached hydrogens (tertiary/aromatic N) is 1. The van der Waals surface area contributed by atoms with E-state index in [0.717, 1.165) is 38.0 Å². The molecule has 0 fully saturated rings. The van der Waals surface area contributed by atoms with Crippen molar-refractivity contribution >= 4 is 11.8 Å². The van der Waals surface area contributed by atoms with E-state index in [1.807, 2.05) is 12.1 Å². The van der Waals surface area contributed by atoms with E-state index >= 15 is 0 Å². The number of imide groups is 1. The highest BCUT2D eigenvalue weighted by Crippen LogP contribution is 2.23. The second-order valence-electron chi connectivity index (χ2n) is 6.26. The summed E-state index contributed by atoms with van der Waals surface area (Å²) in [6.45, 7) is 3.30. The van der Waals surface area contributed by atoms with Gasteiger partial charge in [-0.3, -0.25) is 14.5 Å². The predicted octanol–water partition coefficient (Wildman–Crippen LogP) is 4.09. The zero-order valence-corrected chi connectivity index (χ0v) is 14.5. The zero-order chi connectivity index (χ0) is 17.6. The van der Waals surface area contributed by atoms with Crippen LogP contribution in [0, 0.1) is 0 Å². The van der Waals surface area contributed by atoms with Gasteiger partial charge in [0.1, 0.15) is 5.75 Å². The van der Waals surface area contributed by atoms with Crippen molar-refractivity contribution in [2.24, 2.45) is 0 Å². The molecule has 1 heterocycles. The van der Waals surface area contributed by atoms with E-state index in [1.165, 1.54) is 10.5 Å². The Labute approximate surface area is 148 Å². The number of carbonyl (C=O) groups is 2. The molecule has 1 aliphatic rings. The van der Waals surface area contributed by atoms with Gasteiger partial charge in [-0.2, -0.15) is 0 Å². The van der Waals surface area contributed by atoms with E-state index in [2.05, 4.69) is 19.1 Å². The monoisotopic (exact) mass is 337 g/mol. The van der Waals surface area contributed by atoms with Crippen molar-refractivity contribution in [2.45, 2.75) is 32.6 Å². The van der Waals surface area contributed by atoms with Crippen molar-refractivity contribution in [3.63, 3.8) is 0 Å². The number of amides is 2. The molecule has 0 saturated heterocycles. The first kappa shape index (κ1) is 17.2. The Balaban J connectivity index is 1.46. The lowest BCUT2D eigenvalue weighted by atomic mass is 10.1. The molecule has 0 bridgehead atoms. The van der Waals surface area contributed by atoms with Crippen LogP contribution in [0.3, 0.4) is 0 Å². The lowest BCUT2D eigenvalue weighted by Gasteiger charge is -2.13. The Morgan fingerprint density at radius 2 is 1.52 bits per heavy atom. The lowest BCUT2D eigenvalue weighted by Crippen LogP contribution is -2.30. The van der Waals surface area contributed by atoms with Gasteiger partial charge in [0.2, 0.25) is 0 Å². The largest absolute Gasteiger partial charge is 0.494 e. The van der Waals surface area contributed by atoms with Gasteiger partial charge in [-0.15, -0.1) is 0 Å². The number of rotatable bonds is 8. The fourth-order valence-electron chi connectivity index (χ4n) is 3.01. The second kappa shape index (κ2) is 7.97. The number of aryl methyl sites for hydroxylation is 1. The molecule has 4 heteroatoms. The average Bonchev–Trinajstić information content (AvgIpc) is 2.89. The first-order chi connectivity index (χ1) is 12.2. The van der Waals surface area contributed by atoms with E-state index in [1.54, 1.807) is 24.3 Å². The number of fused-ring (bicyclic) bond motifs is 1. The summed E-state index contributed by atoms with van der Waals surface area (Å²) < 4.78 is 5.58. The number of ether oxygens (including phenoxy) is 1. The predicted molar refractivity (Wildman–Crippen MR) is 97.0 cm³/mol. The third-order valence-electron chi connectivity index (χ3n) is 4.37. The molecule has 0 N–H and O–H groups in total. The Kier molecular flexibility index (Phi) is 5.49. The molecule has 0 aliphatic carbocycles. The van der Waals surface area contributed by atoms with Crippen LogP contribution in [0.2, 0.25) is 0 Å². The van der Waals surface area contributed by atoms with Gasteiger partial charge in [-0.25, -0.2) is 0 Å². The van der Waals surface area contributed by atoms with E-state index in [4.69, 9.17) is 4.74 Å². The molecule has 0 atom stereocenters. The topological polar surface area (TPSA) is 46.6 Å². The maximum atomic E-state index is 12.3. The summed E-state index contributed by atoms with van der Waals surface area (Å²) in [5, 5.41) is 0. The van der Waals surface area contributed by atoms with Gasteiger partial charge in [0, 0.05) is 6.54 Å². The number of carbonyl (C=O) groups excluding carboxylic acids is 2. The number of benzene rings is 2. The SMILES string of the molecule is CCCOc1ccc(CCCCN2C(=O)c3ccccc3C2=O)cc1. The number of hydrogen-bond donors (Lipinski definition) is 0. The van der Waals surface area contributed by atoms with E-state index in [0.29, 0.717) is 17.7 Å². The van der Waals surface area contributed by atoms with Crippen LogP contribution in [0.5, 0.6) is 5.75 Å². The summed E-state index contributed by atoms with van der Waals surface area (Å²) in [4.78, 5) is 25.9. The molecule has 0 radical (unpaired) electrons. The molecule has 2 amide bonds. The third-order valence-corrected chi connectivity index (χ3v) is 4.37. The Morgan fingerprint density at radius 1 is 0.880 bits per heavy atom. The molecule has 2 aromatic rings. The van der Waals surface area contributed by atoms with Crippen LogP contribution >= 0.6 is 0 Å². The molecular formula is C21H23NO3. The lowest BCUT2D eigenvalue weighted by molar-refractivity contribution is 0.0652. The summed E-state index contributed by atoms with van der Waals surface area (Å²) in [5.74, 6) is 0.563. The molecule has 0 aromatic heterocycles. The minimum Gasteiger partial charge on any atom is -0.494 e. The molecule has 130 valence electrons. The summed E-state index contributed by atoms with van der Waals surface area (Å²) in [7, 11) is 0. The van der Waals surface area contributed by atoms with Gasteiger partial charge in [0.05, 0.1) is 17.7 Å². The van der Waals surface area contributed by atoms with Crippen molar-refractivity contribution in [3.8, 4) is 5.75 Å². The first-order valence-corrected chi connectivity index (χ1v) is 8.87. The normalized spacial score (nSPS) is 13.2. The van der Waals surface area contributed by atoms with Crippen LogP contribution in [-0.4, -0.2) is 29.9 Å². The van der Waals surface area contributed by atoms with Gasteiger partial charge in [0.15, 0.2) is 0 Å². The summed E-state index contributed by atoms with van der Waals surface area (Å²) in [5.41, 5.74) is 2.29. The minimum absolute atomic E-state index is 0.168. The second-order valence-corrected chi connectivity index (χ2v) is 6.26. The quantitative estimate of drug-likeness (QED) is 0.538. The fraction of sp³-hybridized carbons (Fsp3) is 0.333. The van der Waals surface area contributed by atoms with Crippen LogP contribution in [0.1, 0.15) is 52.5 Å². The smallest absolute Gasteiger partial charge is 0.261 e. The molecule has 4 nitrogen and oxygen atoms in total. The molecule has 25 heavy (non-hydrogen) atoms. The van der Waals surface area contributed by atoms with Crippen LogP contribution < -0.4 is 4.74 Å². The van der Waals surface area contributed by atoms with Gasteiger partial charge >= 0.3 is 0 Å². The standard InChI is InChI=1S/C21H23NO3/c1-2-15-25-17-12-10-16(11-13-17)7-5-6-14-22-20(23)18-8-3-4-9-19(18)21(22)24/h3-4,8-13H,2,5-7,14-15H2,1H3.